The standard InChI is InChI=1S/C31H20BrN/c1-19-10-14-30-28(16-19)29-17-20(32)11-15-31(29)33(30)21-12-13-26-24-8-3-2-6-22(24)23-7-4-5-9-25(23)27(26)18-21/h2-18H,1H3. The van der Waals surface area contributed by atoms with Crippen molar-refractivity contribution >= 4 is 70.1 Å². The third kappa shape index (κ3) is 2.71. The van der Waals surface area contributed by atoms with Crippen LogP contribution in [0.3, 0.4) is 0 Å². The van der Waals surface area contributed by atoms with Gasteiger partial charge in [0, 0.05) is 20.9 Å². The molecular weight excluding hydrogens is 466 g/mol. The average Bonchev–Trinajstić information content (AvgIpc) is 3.16. The first-order chi connectivity index (χ1) is 16.2. The maximum absolute atomic E-state index is 3.68. The van der Waals surface area contributed by atoms with Gasteiger partial charge in [-0.1, -0.05) is 82.2 Å². The van der Waals surface area contributed by atoms with Crippen LogP contribution in [0.5, 0.6) is 0 Å². The molecule has 0 aliphatic heterocycles. The molecule has 0 unspecified atom stereocenters. The van der Waals surface area contributed by atoms with Gasteiger partial charge in [0.05, 0.1) is 11.0 Å². The topological polar surface area (TPSA) is 4.93 Å². The van der Waals surface area contributed by atoms with Crippen LogP contribution in [-0.2, 0) is 0 Å². The van der Waals surface area contributed by atoms with Crippen LogP contribution >= 0.6 is 15.9 Å². The Morgan fingerprint density at radius 3 is 1.70 bits per heavy atom. The van der Waals surface area contributed by atoms with Crippen molar-refractivity contribution in [3.05, 3.63) is 113 Å². The number of hydrogen-bond donors (Lipinski definition) is 0. The summed E-state index contributed by atoms with van der Waals surface area (Å²) in [6.07, 6.45) is 0. The minimum Gasteiger partial charge on any atom is -0.309 e. The van der Waals surface area contributed by atoms with Gasteiger partial charge in [-0.15, -0.1) is 0 Å². The Bertz CT molecular complexity index is 1800. The number of halogens is 1. The van der Waals surface area contributed by atoms with Crippen LogP contribution in [0.4, 0.5) is 0 Å². The Balaban J connectivity index is 1.64. The Morgan fingerprint density at radius 2 is 1.03 bits per heavy atom. The average molecular weight is 486 g/mol. The number of benzene rings is 6. The third-order valence-electron chi connectivity index (χ3n) is 6.87. The largest absolute Gasteiger partial charge is 0.309 e. The van der Waals surface area contributed by atoms with Crippen molar-refractivity contribution in [3.8, 4) is 5.69 Å². The monoisotopic (exact) mass is 485 g/mol. The molecule has 6 aromatic carbocycles. The zero-order valence-electron chi connectivity index (χ0n) is 18.1. The van der Waals surface area contributed by atoms with Gasteiger partial charge in [0.1, 0.15) is 0 Å². The van der Waals surface area contributed by atoms with E-state index in [-0.39, 0.29) is 0 Å². The van der Waals surface area contributed by atoms with Gasteiger partial charge in [-0.2, -0.15) is 0 Å². The predicted molar refractivity (Wildman–Crippen MR) is 146 cm³/mol. The van der Waals surface area contributed by atoms with Crippen molar-refractivity contribution in [1.29, 1.82) is 0 Å². The Kier molecular flexibility index (Phi) is 3.97. The van der Waals surface area contributed by atoms with E-state index in [1.54, 1.807) is 0 Å². The van der Waals surface area contributed by atoms with Crippen LogP contribution in [0.15, 0.2) is 108 Å². The summed E-state index contributed by atoms with van der Waals surface area (Å²) in [6.45, 7) is 2.16. The Hall–Kier alpha value is -3.62. The van der Waals surface area contributed by atoms with Crippen molar-refractivity contribution in [1.82, 2.24) is 4.57 Å². The molecule has 0 saturated carbocycles. The van der Waals surface area contributed by atoms with E-state index in [0.717, 1.165) is 4.47 Å². The predicted octanol–water partition coefficient (Wildman–Crippen LogP) is 9.31. The van der Waals surface area contributed by atoms with Gasteiger partial charge in [0.2, 0.25) is 0 Å². The molecule has 33 heavy (non-hydrogen) atoms. The lowest BCUT2D eigenvalue weighted by atomic mass is 9.94. The molecule has 0 fully saturated rings. The minimum absolute atomic E-state index is 1.10. The van der Waals surface area contributed by atoms with E-state index in [4.69, 9.17) is 0 Å². The molecule has 0 spiro atoms. The van der Waals surface area contributed by atoms with E-state index in [9.17, 15) is 0 Å². The summed E-state index contributed by atoms with van der Waals surface area (Å²) in [5.74, 6) is 0. The minimum atomic E-state index is 1.10. The molecule has 2 heteroatoms. The van der Waals surface area contributed by atoms with Gasteiger partial charge in [0.15, 0.2) is 0 Å². The molecule has 0 bridgehead atoms. The fourth-order valence-electron chi connectivity index (χ4n) is 5.42. The molecular formula is C31H20BrN. The van der Waals surface area contributed by atoms with Gasteiger partial charge >= 0.3 is 0 Å². The second-order valence-electron chi connectivity index (χ2n) is 8.84. The molecule has 1 heterocycles. The molecule has 0 N–H and O–H groups in total. The summed E-state index contributed by atoms with van der Waals surface area (Å²) in [7, 11) is 0. The highest BCUT2D eigenvalue weighted by molar-refractivity contribution is 9.10. The first-order valence-electron chi connectivity index (χ1n) is 11.2. The molecule has 0 aliphatic carbocycles. The summed E-state index contributed by atoms with van der Waals surface area (Å²) in [4.78, 5) is 0. The van der Waals surface area contributed by atoms with Gasteiger partial charge in [0.25, 0.3) is 0 Å². The van der Waals surface area contributed by atoms with Crippen LogP contribution in [0.1, 0.15) is 5.56 Å². The van der Waals surface area contributed by atoms with Gasteiger partial charge in [-0.3, -0.25) is 0 Å². The second kappa shape index (κ2) is 6.94. The highest BCUT2D eigenvalue weighted by Gasteiger charge is 2.15. The summed E-state index contributed by atoms with van der Waals surface area (Å²) < 4.78 is 3.51. The molecule has 0 saturated heterocycles. The summed E-state index contributed by atoms with van der Waals surface area (Å²) in [5.41, 5.74) is 4.92. The molecule has 1 aromatic heterocycles. The fourth-order valence-corrected chi connectivity index (χ4v) is 5.78. The molecule has 7 rings (SSSR count). The zero-order valence-corrected chi connectivity index (χ0v) is 19.7. The van der Waals surface area contributed by atoms with Crippen LogP contribution < -0.4 is 0 Å². The Morgan fingerprint density at radius 1 is 0.485 bits per heavy atom. The van der Waals surface area contributed by atoms with Crippen molar-refractivity contribution in [2.24, 2.45) is 0 Å². The number of aromatic nitrogens is 1. The number of nitrogens with zero attached hydrogens (tertiary/aromatic N) is 1. The van der Waals surface area contributed by atoms with Crippen LogP contribution in [0.2, 0.25) is 0 Å². The van der Waals surface area contributed by atoms with E-state index >= 15 is 0 Å². The molecule has 7 aromatic rings. The van der Waals surface area contributed by atoms with E-state index in [1.165, 1.54) is 65.4 Å². The van der Waals surface area contributed by atoms with E-state index in [1.807, 2.05) is 0 Å². The lowest BCUT2D eigenvalue weighted by Gasteiger charge is -2.13. The SMILES string of the molecule is Cc1ccc2c(c1)c1cc(Br)ccc1n2-c1ccc2c3ccccc3c3ccccc3c2c1. The summed E-state index contributed by atoms with van der Waals surface area (Å²) in [6, 6.07) is 37.8. The smallest absolute Gasteiger partial charge is 0.0541 e. The highest BCUT2D eigenvalue weighted by Crippen LogP contribution is 2.38. The van der Waals surface area contributed by atoms with Gasteiger partial charge in [-0.05, 0) is 81.7 Å². The maximum atomic E-state index is 3.68. The second-order valence-corrected chi connectivity index (χ2v) is 9.75. The number of aryl methyl sites for hydroxylation is 1. The van der Waals surface area contributed by atoms with Crippen molar-refractivity contribution in [2.45, 2.75) is 6.92 Å². The maximum Gasteiger partial charge on any atom is 0.0541 e. The number of hydrogen-bond acceptors (Lipinski definition) is 0. The Labute approximate surface area is 200 Å². The normalized spacial score (nSPS) is 11.9. The lowest BCUT2D eigenvalue weighted by Crippen LogP contribution is -1.94. The first-order valence-corrected chi connectivity index (χ1v) is 12.0. The van der Waals surface area contributed by atoms with Crippen LogP contribution in [0, 0.1) is 6.92 Å². The lowest BCUT2D eigenvalue weighted by molar-refractivity contribution is 1.18. The molecule has 0 atom stereocenters. The molecule has 0 aliphatic rings. The van der Waals surface area contributed by atoms with Crippen LogP contribution in [0.25, 0.3) is 59.8 Å². The summed E-state index contributed by atoms with van der Waals surface area (Å²) in [5, 5.41) is 10.4. The third-order valence-corrected chi connectivity index (χ3v) is 7.36. The molecule has 0 amide bonds. The van der Waals surface area contributed by atoms with Gasteiger partial charge in [-0.25, -0.2) is 0 Å². The fraction of sp³-hybridized carbons (Fsp3) is 0.0323. The highest BCUT2D eigenvalue weighted by atomic mass is 79.9. The molecule has 156 valence electrons. The molecule has 1 nitrogen and oxygen atoms in total. The zero-order chi connectivity index (χ0) is 22.1. The van der Waals surface area contributed by atoms with Crippen molar-refractivity contribution in [2.75, 3.05) is 0 Å². The van der Waals surface area contributed by atoms with E-state index in [0.29, 0.717) is 0 Å². The van der Waals surface area contributed by atoms with E-state index < -0.39 is 0 Å². The molecule has 0 radical (unpaired) electrons. The quantitative estimate of drug-likeness (QED) is 0.204. The van der Waals surface area contributed by atoms with Crippen molar-refractivity contribution < 1.29 is 0 Å². The number of fused-ring (bicyclic) bond motifs is 9. The first kappa shape index (κ1) is 18.9. The van der Waals surface area contributed by atoms with Crippen LogP contribution in [-0.4, -0.2) is 4.57 Å². The van der Waals surface area contributed by atoms with Gasteiger partial charge < -0.3 is 4.57 Å². The summed E-state index contributed by atoms with van der Waals surface area (Å²) >= 11 is 3.68. The number of rotatable bonds is 1. The van der Waals surface area contributed by atoms with Crippen molar-refractivity contribution in [3.63, 3.8) is 0 Å². The van der Waals surface area contributed by atoms with E-state index in [2.05, 4.69) is 131 Å².